The standard InChI is InChI=1S/C68H110N3O11P/c1-4-7-10-13-16-19-22-25-33-48-62(78-57-58-41-31-28-32-42-58)54-65(73)70-59(56-72)43-40-52-69-68(76)64(51-53-79-83(77,81-60-44-35-29-36-45-60)82-61-46-37-30-38-47-61)71-66(74)55-63(49-34-26-23-20-17-14-11-8-5-2)80-67(75)50-39-27-24-21-18-15-12-9-6-3/h28-32,35-38,41-42,44-47,59,62-64,72H,4-27,33-34,39-40,43,48-57H2,1-3H3,(H,69,76)(H,70,73)(H,71,74). The van der Waals surface area contributed by atoms with Crippen LogP contribution in [0.1, 0.15) is 251 Å². The van der Waals surface area contributed by atoms with Crippen LogP contribution in [0.15, 0.2) is 91.0 Å². The number of carbonyl (C=O) groups is 4. The number of carbonyl (C=O) groups excluding carboxylic acids is 4. The number of rotatable bonds is 54. The topological polar surface area (TPSA) is 188 Å². The van der Waals surface area contributed by atoms with E-state index in [2.05, 4.69) is 36.7 Å². The van der Waals surface area contributed by atoms with Gasteiger partial charge < -0.3 is 39.6 Å². The van der Waals surface area contributed by atoms with Gasteiger partial charge in [0, 0.05) is 19.4 Å². The number of phosphoric acid groups is 1. The lowest BCUT2D eigenvalue weighted by atomic mass is 10.0. The van der Waals surface area contributed by atoms with Crippen LogP contribution in [0, 0.1) is 0 Å². The molecule has 3 rings (SSSR count). The van der Waals surface area contributed by atoms with E-state index in [1.54, 1.807) is 60.7 Å². The summed E-state index contributed by atoms with van der Waals surface area (Å²) in [7, 11) is -4.34. The molecule has 0 aliphatic heterocycles. The number of amides is 3. The summed E-state index contributed by atoms with van der Waals surface area (Å²) in [5.41, 5.74) is 1.04. The SMILES string of the molecule is CCCCCCCCCCCC(=O)OC(CCCCCCCCCCC)CC(=O)NC(CCOP(=O)(Oc1ccccc1)Oc1ccccc1)C(=O)NCCCC(CO)NC(=O)CC(CCCCCCCCCCC)OCc1ccccc1. The number of ether oxygens (including phenoxy) is 2. The fourth-order valence-electron chi connectivity index (χ4n) is 10.1. The number of hydrogen-bond acceptors (Lipinski definition) is 11. The van der Waals surface area contributed by atoms with Crippen molar-refractivity contribution < 1.29 is 51.9 Å². The van der Waals surface area contributed by atoms with Crippen molar-refractivity contribution in [2.45, 2.75) is 276 Å². The third-order valence-corrected chi connectivity index (χ3v) is 16.4. The van der Waals surface area contributed by atoms with Crippen LogP contribution in [-0.2, 0) is 44.3 Å². The van der Waals surface area contributed by atoms with Crippen LogP contribution in [0.2, 0.25) is 0 Å². The Balaban J connectivity index is 1.67. The third kappa shape index (κ3) is 38.0. The summed E-state index contributed by atoms with van der Waals surface area (Å²) in [6, 6.07) is 25.2. The van der Waals surface area contributed by atoms with E-state index in [0.717, 1.165) is 76.2 Å². The molecule has 0 saturated carbocycles. The summed E-state index contributed by atoms with van der Waals surface area (Å²) in [6.07, 6.45) is 32.4. The molecular formula is C68H110N3O11P. The zero-order valence-electron chi connectivity index (χ0n) is 51.5. The maximum absolute atomic E-state index is 14.3. The fraction of sp³-hybridized carbons (Fsp3) is 0.676. The fourth-order valence-corrected chi connectivity index (χ4v) is 11.3. The molecule has 83 heavy (non-hydrogen) atoms. The second kappa shape index (κ2) is 48.5. The Morgan fingerprint density at radius 1 is 0.494 bits per heavy atom. The van der Waals surface area contributed by atoms with Gasteiger partial charge in [0.25, 0.3) is 0 Å². The van der Waals surface area contributed by atoms with Gasteiger partial charge in [-0.3, -0.25) is 23.7 Å². The molecule has 15 heteroatoms. The Morgan fingerprint density at radius 3 is 1.42 bits per heavy atom. The summed E-state index contributed by atoms with van der Waals surface area (Å²) in [6.45, 7) is 6.65. The maximum Gasteiger partial charge on any atom is 0.587 e. The molecule has 3 aromatic carbocycles. The number of aliphatic hydroxyl groups excluding tert-OH is 1. The Kier molecular flexibility index (Phi) is 42.4. The molecule has 0 fully saturated rings. The van der Waals surface area contributed by atoms with Gasteiger partial charge in [0.2, 0.25) is 17.7 Å². The van der Waals surface area contributed by atoms with Crippen LogP contribution in [0.3, 0.4) is 0 Å². The molecule has 0 spiro atoms. The van der Waals surface area contributed by atoms with Crippen LogP contribution in [-0.4, -0.2) is 72.8 Å². The smallest absolute Gasteiger partial charge is 0.462 e. The minimum absolute atomic E-state index is 0.110. The molecule has 0 aliphatic carbocycles. The summed E-state index contributed by atoms with van der Waals surface area (Å²) in [4.78, 5) is 55.0. The highest BCUT2D eigenvalue weighted by Gasteiger charge is 2.33. The van der Waals surface area contributed by atoms with Crippen molar-refractivity contribution in [2.75, 3.05) is 19.8 Å². The zero-order chi connectivity index (χ0) is 59.7. The van der Waals surface area contributed by atoms with E-state index in [1.165, 1.54) is 109 Å². The molecule has 0 heterocycles. The van der Waals surface area contributed by atoms with Crippen LogP contribution in [0.5, 0.6) is 11.5 Å². The van der Waals surface area contributed by atoms with Crippen molar-refractivity contribution in [1.82, 2.24) is 16.0 Å². The van der Waals surface area contributed by atoms with Gasteiger partial charge in [0.1, 0.15) is 23.6 Å². The van der Waals surface area contributed by atoms with Gasteiger partial charge in [-0.15, -0.1) is 0 Å². The van der Waals surface area contributed by atoms with Crippen LogP contribution in [0.4, 0.5) is 0 Å². The van der Waals surface area contributed by atoms with Crippen molar-refractivity contribution in [1.29, 1.82) is 0 Å². The Morgan fingerprint density at radius 2 is 0.928 bits per heavy atom. The zero-order valence-corrected chi connectivity index (χ0v) is 52.4. The number of phosphoric ester groups is 1. The van der Waals surface area contributed by atoms with Crippen molar-refractivity contribution in [3.8, 4) is 11.5 Å². The molecule has 3 aromatic rings. The van der Waals surface area contributed by atoms with E-state index in [9.17, 15) is 28.8 Å². The molecule has 0 aliphatic rings. The molecule has 468 valence electrons. The second-order valence-electron chi connectivity index (χ2n) is 22.6. The number of benzene rings is 3. The van der Waals surface area contributed by atoms with E-state index in [0.29, 0.717) is 25.9 Å². The number of esters is 1. The van der Waals surface area contributed by atoms with Crippen LogP contribution in [0.25, 0.3) is 0 Å². The minimum atomic E-state index is -4.34. The number of para-hydroxylation sites is 2. The van der Waals surface area contributed by atoms with Crippen molar-refractivity contribution in [3.05, 3.63) is 96.6 Å². The second-order valence-corrected chi connectivity index (χ2v) is 24.1. The largest absolute Gasteiger partial charge is 0.587 e. The molecule has 4 N–H and O–H groups in total. The van der Waals surface area contributed by atoms with Gasteiger partial charge in [-0.05, 0) is 68.4 Å². The van der Waals surface area contributed by atoms with Gasteiger partial charge >= 0.3 is 13.8 Å². The normalized spacial score (nSPS) is 12.9. The van der Waals surface area contributed by atoms with E-state index in [1.807, 2.05) is 30.3 Å². The van der Waals surface area contributed by atoms with E-state index < -0.39 is 37.8 Å². The lowest BCUT2D eigenvalue weighted by Gasteiger charge is -2.23. The monoisotopic (exact) mass is 1180 g/mol. The number of nitrogens with one attached hydrogen (secondary N) is 3. The highest BCUT2D eigenvalue weighted by atomic mass is 31.2. The van der Waals surface area contributed by atoms with Gasteiger partial charge in [0.05, 0.1) is 44.8 Å². The number of hydrogen-bond donors (Lipinski definition) is 4. The third-order valence-electron chi connectivity index (χ3n) is 15.0. The summed E-state index contributed by atoms with van der Waals surface area (Å²) >= 11 is 0. The number of aliphatic hydroxyl groups is 1. The Bertz CT molecular complexity index is 2070. The molecule has 14 nitrogen and oxygen atoms in total. The van der Waals surface area contributed by atoms with Crippen molar-refractivity contribution in [2.24, 2.45) is 0 Å². The molecule has 4 atom stereocenters. The average molecular weight is 1180 g/mol. The Hall–Kier alpha value is -4.75. The first-order valence-electron chi connectivity index (χ1n) is 32.6. The first kappa shape index (κ1) is 72.5. The van der Waals surface area contributed by atoms with Crippen LogP contribution < -0.4 is 25.0 Å². The molecule has 4 unspecified atom stereocenters. The van der Waals surface area contributed by atoms with Crippen LogP contribution >= 0.6 is 7.82 Å². The molecular weight excluding hydrogens is 1070 g/mol. The van der Waals surface area contributed by atoms with Gasteiger partial charge in [-0.2, -0.15) is 0 Å². The first-order valence-corrected chi connectivity index (χ1v) is 34.1. The summed E-state index contributed by atoms with van der Waals surface area (Å²) in [5.74, 6) is -1.01. The number of unbranched alkanes of at least 4 members (excludes halogenated alkanes) is 24. The molecule has 3 amide bonds. The van der Waals surface area contributed by atoms with E-state index >= 15 is 0 Å². The van der Waals surface area contributed by atoms with E-state index in [4.69, 9.17) is 23.0 Å². The van der Waals surface area contributed by atoms with E-state index in [-0.39, 0.29) is 74.9 Å². The lowest BCUT2D eigenvalue weighted by Crippen LogP contribution is -2.48. The van der Waals surface area contributed by atoms with Gasteiger partial charge in [-0.25, -0.2) is 4.57 Å². The highest BCUT2D eigenvalue weighted by molar-refractivity contribution is 7.49. The molecule has 0 radical (unpaired) electrons. The van der Waals surface area contributed by atoms with Gasteiger partial charge in [-0.1, -0.05) is 248 Å². The molecule has 0 bridgehead atoms. The lowest BCUT2D eigenvalue weighted by molar-refractivity contribution is -0.151. The quantitative estimate of drug-likeness (QED) is 0.0239. The summed E-state index contributed by atoms with van der Waals surface area (Å²) < 4.78 is 44.1. The van der Waals surface area contributed by atoms with Crippen molar-refractivity contribution >= 4 is 31.5 Å². The molecule has 0 aromatic heterocycles. The molecule has 0 saturated heterocycles. The predicted octanol–water partition coefficient (Wildman–Crippen LogP) is 16.6. The minimum Gasteiger partial charge on any atom is -0.462 e. The first-order chi connectivity index (χ1) is 40.6. The Labute approximate surface area is 501 Å². The van der Waals surface area contributed by atoms with Crippen molar-refractivity contribution in [3.63, 3.8) is 0 Å². The van der Waals surface area contributed by atoms with Gasteiger partial charge in [0.15, 0.2) is 0 Å². The highest BCUT2D eigenvalue weighted by Crippen LogP contribution is 2.49. The predicted molar refractivity (Wildman–Crippen MR) is 335 cm³/mol. The average Bonchev–Trinajstić information content (AvgIpc) is 3.52. The summed E-state index contributed by atoms with van der Waals surface area (Å²) in [5, 5.41) is 19.2. The maximum atomic E-state index is 14.3.